The molecule has 1 aliphatic heterocycles. The number of ketones is 1. The van der Waals surface area contributed by atoms with Crippen molar-refractivity contribution in [3.05, 3.63) is 71.5 Å². The van der Waals surface area contributed by atoms with Crippen molar-refractivity contribution >= 4 is 17.6 Å². The molecule has 0 radical (unpaired) electrons. The average Bonchev–Trinajstić information content (AvgIpc) is 2.96. The lowest BCUT2D eigenvalue weighted by atomic mass is 10.1. The van der Waals surface area contributed by atoms with E-state index in [1.807, 2.05) is 30.3 Å². The molecule has 1 aliphatic rings. The Morgan fingerprint density at radius 2 is 1.74 bits per heavy atom. The van der Waals surface area contributed by atoms with Crippen LogP contribution in [0.2, 0.25) is 0 Å². The summed E-state index contributed by atoms with van der Waals surface area (Å²) < 4.78 is 13.0. The predicted octanol–water partition coefficient (Wildman–Crippen LogP) is 2.05. The van der Waals surface area contributed by atoms with E-state index in [-0.39, 0.29) is 24.8 Å². The van der Waals surface area contributed by atoms with Gasteiger partial charge in [0.2, 0.25) is 11.7 Å². The Bertz CT molecular complexity index is 836. The van der Waals surface area contributed by atoms with E-state index in [0.29, 0.717) is 13.0 Å². The van der Waals surface area contributed by atoms with Crippen LogP contribution in [0.15, 0.2) is 54.6 Å². The minimum absolute atomic E-state index is 0.108. The van der Waals surface area contributed by atoms with Gasteiger partial charge in [0.05, 0.1) is 0 Å². The SMILES string of the molecule is CN(Cc1ccc(F)cc1)C(=O)C1CN(CCc2ccccc2)C(=O)C1=O. The molecule has 0 bridgehead atoms. The highest BCUT2D eigenvalue weighted by molar-refractivity contribution is 6.42. The van der Waals surface area contributed by atoms with E-state index in [1.165, 1.54) is 21.9 Å². The first-order valence-electron chi connectivity index (χ1n) is 8.82. The third kappa shape index (κ3) is 4.39. The zero-order valence-corrected chi connectivity index (χ0v) is 15.1. The number of Topliss-reactive ketones (excluding diaryl/α,β-unsaturated/α-hetero) is 1. The quantitative estimate of drug-likeness (QED) is 0.579. The molecule has 2 aromatic rings. The molecule has 6 heteroatoms. The van der Waals surface area contributed by atoms with Crippen LogP contribution in [0.1, 0.15) is 11.1 Å². The topological polar surface area (TPSA) is 57.7 Å². The number of amides is 2. The summed E-state index contributed by atoms with van der Waals surface area (Å²) in [5, 5.41) is 0. The number of halogens is 1. The van der Waals surface area contributed by atoms with Crippen LogP contribution in [0.5, 0.6) is 0 Å². The molecular weight excluding hydrogens is 347 g/mol. The Morgan fingerprint density at radius 1 is 1.07 bits per heavy atom. The van der Waals surface area contributed by atoms with Crippen molar-refractivity contribution in [3.8, 4) is 0 Å². The molecule has 0 spiro atoms. The van der Waals surface area contributed by atoms with Gasteiger partial charge in [-0.25, -0.2) is 4.39 Å². The molecule has 1 saturated heterocycles. The minimum atomic E-state index is -0.973. The number of hydrogen-bond acceptors (Lipinski definition) is 3. The highest BCUT2D eigenvalue weighted by Gasteiger charge is 2.43. The van der Waals surface area contributed by atoms with Gasteiger partial charge in [-0.2, -0.15) is 0 Å². The van der Waals surface area contributed by atoms with Crippen LogP contribution in [-0.4, -0.2) is 47.5 Å². The standard InChI is InChI=1S/C21H21FN2O3/c1-23(13-16-7-9-17(22)10-8-16)20(26)18-14-24(21(27)19(18)25)12-11-15-5-3-2-4-6-15/h2-10,18H,11-14H2,1H3. The zero-order chi connectivity index (χ0) is 19.4. The van der Waals surface area contributed by atoms with E-state index >= 15 is 0 Å². The first kappa shape index (κ1) is 18.8. The third-order valence-electron chi connectivity index (χ3n) is 4.74. The maximum atomic E-state index is 13.0. The van der Waals surface area contributed by atoms with Gasteiger partial charge >= 0.3 is 0 Å². The van der Waals surface area contributed by atoms with Crippen LogP contribution in [0.3, 0.4) is 0 Å². The monoisotopic (exact) mass is 368 g/mol. The molecule has 2 amide bonds. The fraction of sp³-hybridized carbons (Fsp3) is 0.286. The van der Waals surface area contributed by atoms with Crippen molar-refractivity contribution < 1.29 is 18.8 Å². The summed E-state index contributed by atoms with van der Waals surface area (Å²) in [5.41, 5.74) is 1.82. The van der Waals surface area contributed by atoms with Gasteiger partial charge in [0.1, 0.15) is 11.7 Å². The van der Waals surface area contributed by atoms with Crippen molar-refractivity contribution in [2.24, 2.45) is 5.92 Å². The predicted molar refractivity (Wildman–Crippen MR) is 98.1 cm³/mol. The largest absolute Gasteiger partial charge is 0.341 e. The van der Waals surface area contributed by atoms with Gasteiger partial charge in [-0.15, -0.1) is 0 Å². The summed E-state index contributed by atoms with van der Waals surface area (Å²) in [6.07, 6.45) is 0.631. The molecule has 0 N–H and O–H groups in total. The van der Waals surface area contributed by atoms with Crippen LogP contribution in [0.25, 0.3) is 0 Å². The second-order valence-electron chi connectivity index (χ2n) is 6.72. The zero-order valence-electron chi connectivity index (χ0n) is 15.1. The molecule has 140 valence electrons. The smallest absolute Gasteiger partial charge is 0.290 e. The number of benzene rings is 2. The lowest BCUT2D eigenvalue weighted by Crippen LogP contribution is -2.36. The van der Waals surface area contributed by atoms with Gasteiger partial charge in [-0.05, 0) is 29.7 Å². The molecule has 2 aromatic carbocycles. The summed E-state index contributed by atoms with van der Waals surface area (Å²) >= 11 is 0. The van der Waals surface area contributed by atoms with Crippen LogP contribution < -0.4 is 0 Å². The Balaban J connectivity index is 1.60. The van der Waals surface area contributed by atoms with Crippen molar-refractivity contribution in [2.75, 3.05) is 20.1 Å². The van der Waals surface area contributed by atoms with Crippen molar-refractivity contribution in [2.45, 2.75) is 13.0 Å². The number of carbonyl (C=O) groups is 3. The van der Waals surface area contributed by atoms with E-state index < -0.39 is 17.6 Å². The Labute approximate surface area is 157 Å². The summed E-state index contributed by atoms with van der Waals surface area (Å²) in [7, 11) is 1.58. The molecule has 1 unspecified atom stereocenters. The van der Waals surface area contributed by atoms with Crippen LogP contribution in [0, 0.1) is 11.7 Å². The molecule has 3 rings (SSSR count). The number of hydrogen-bond donors (Lipinski definition) is 0. The maximum Gasteiger partial charge on any atom is 0.290 e. The molecule has 0 aromatic heterocycles. The maximum absolute atomic E-state index is 13.0. The minimum Gasteiger partial charge on any atom is -0.341 e. The van der Waals surface area contributed by atoms with Crippen molar-refractivity contribution in [1.82, 2.24) is 9.80 Å². The second-order valence-corrected chi connectivity index (χ2v) is 6.72. The van der Waals surface area contributed by atoms with Gasteiger partial charge in [0.15, 0.2) is 0 Å². The first-order chi connectivity index (χ1) is 13.0. The summed E-state index contributed by atoms with van der Waals surface area (Å²) in [5.74, 6) is -2.96. The molecule has 5 nitrogen and oxygen atoms in total. The van der Waals surface area contributed by atoms with Crippen molar-refractivity contribution in [1.29, 1.82) is 0 Å². The lowest BCUT2D eigenvalue weighted by molar-refractivity contribution is -0.144. The highest BCUT2D eigenvalue weighted by atomic mass is 19.1. The average molecular weight is 368 g/mol. The van der Waals surface area contributed by atoms with Crippen LogP contribution in [-0.2, 0) is 27.3 Å². The van der Waals surface area contributed by atoms with Gasteiger partial charge < -0.3 is 9.80 Å². The number of carbonyl (C=O) groups excluding carboxylic acids is 3. The molecule has 1 atom stereocenters. The molecular formula is C21H21FN2O3. The van der Waals surface area contributed by atoms with E-state index in [2.05, 4.69) is 0 Å². The molecule has 1 fully saturated rings. The van der Waals surface area contributed by atoms with E-state index in [1.54, 1.807) is 19.2 Å². The lowest BCUT2D eigenvalue weighted by Gasteiger charge is -2.21. The number of rotatable bonds is 6. The number of nitrogens with zero attached hydrogens (tertiary/aromatic N) is 2. The normalized spacial score (nSPS) is 16.7. The first-order valence-corrected chi connectivity index (χ1v) is 8.82. The fourth-order valence-electron chi connectivity index (χ4n) is 3.19. The summed E-state index contributed by atoms with van der Waals surface area (Å²) in [6, 6.07) is 15.5. The van der Waals surface area contributed by atoms with Crippen LogP contribution >= 0.6 is 0 Å². The highest BCUT2D eigenvalue weighted by Crippen LogP contribution is 2.18. The fourth-order valence-corrected chi connectivity index (χ4v) is 3.19. The number of likely N-dealkylation sites (tertiary alicyclic amines) is 1. The second kappa shape index (κ2) is 8.12. The molecule has 0 saturated carbocycles. The Morgan fingerprint density at radius 3 is 2.41 bits per heavy atom. The van der Waals surface area contributed by atoms with E-state index in [9.17, 15) is 18.8 Å². The Kier molecular flexibility index (Phi) is 5.64. The van der Waals surface area contributed by atoms with Gasteiger partial charge in [0.25, 0.3) is 5.91 Å². The van der Waals surface area contributed by atoms with E-state index in [0.717, 1.165) is 11.1 Å². The Hall–Kier alpha value is -3.02. The van der Waals surface area contributed by atoms with Crippen LogP contribution in [0.4, 0.5) is 4.39 Å². The molecule has 27 heavy (non-hydrogen) atoms. The van der Waals surface area contributed by atoms with Crippen molar-refractivity contribution in [3.63, 3.8) is 0 Å². The van der Waals surface area contributed by atoms with Gasteiger partial charge in [-0.3, -0.25) is 14.4 Å². The summed E-state index contributed by atoms with van der Waals surface area (Å²) in [4.78, 5) is 40.0. The van der Waals surface area contributed by atoms with Gasteiger partial charge in [-0.1, -0.05) is 42.5 Å². The summed E-state index contributed by atoms with van der Waals surface area (Å²) in [6.45, 7) is 0.762. The van der Waals surface area contributed by atoms with E-state index in [4.69, 9.17) is 0 Å². The third-order valence-corrected chi connectivity index (χ3v) is 4.74. The van der Waals surface area contributed by atoms with Gasteiger partial charge in [0, 0.05) is 26.7 Å². The molecule has 1 heterocycles. The molecule has 0 aliphatic carbocycles.